The minimum absolute atomic E-state index is 0.0555. The third-order valence-electron chi connectivity index (χ3n) is 4.63. The molecule has 1 aromatic carbocycles. The highest BCUT2D eigenvalue weighted by molar-refractivity contribution is 5.95. The summed E-state index contributed by atoms with van der Waals surface area (Å²) in [6.07, 6.45) is 3.09. The van der Waals surface area contributed by atoms with Gasteiger partial charge in [-0.2, -0.15) is 0 Å². The predicted octanol–water partition coefficient (Wildman–Crippen LogP) is 2.25. The van der Waals surface area contributed by atoms with Gasteiger partial charge in [0.15, 0.2) is 0 Å². The Morgan fingerprint density at radius 1 is 1.12 bits per heavy atom. The van der Waals surface area contributed by atoms with E-state index in [1.807, 2.05) is 13.8 Å². The Kier molecular flexibility index (Phi) is 6.06. The van der Waals surface area contributed by atoms with Crippen LogP contribution in [0.25, 0.3) is 0 Å². The van der Waals surface area contributed by atoms with Crippen molar-refractivity contribution in [3.8, 4) is 11.5 Å². The Morgan fingerprint density at radius 2 is 1.67 bits per heavy atom. The average Bonchev–Trinajstić information content (AvgIpc) is 2.55. The van der Waals surface area contributed by atoms with Gasteiger partial charge in [-0.1, -0.05) is 13.8 Å². The number of nitrogens with zero attached hydrogens (tertiary/aromatic N) is 1. The molecule has 1 heterocycles. The van der Waals surface area contributed by atoms with E-state index < -0.39 is 0 Å². The van der Waals surface area contributed by atoms with Gasteiger partial charge in [0.25, 0.3) is 5.91 Å². The molecular formula is C18H26N2O4. The Labute approximate surface area is 142 Å². The lowest BCUT2D eigenvalue weighted by atomic mass is 9.99. The Balaban J connectivity index is 1.90. The minimum atomic E-state index is -0.217. The molecule has 0 spiro atoms. The summed E-state index contributed by atoms with van der Waals surface area (Å²) >= 11 is 0. The number of phenols is 2. The fourth-order valence-corrected chi connectivity index (χ4v) is 3.11. The zero-order valence-corrected chi connectivity index (χ0v) is 14.3. The van der Waals surface area contributed by atoms with Crippen LogP contribution in [0.5, 0.6) is 11.5 Å². The summed E-state index contributed by atoms with van der Waals surface area (Å²) in [5.74, 6) is -0.329. The highest BCUT2D eigenvalue weighted by atomic mass is 16.3. The first kappa shape index (κ1) is 18.1. The van der Waals surface area contributed by atoms with E-state index in [0.717, 1.165) is 12.8 Å². The maximum Gasteiger partial charge on any atom is 0.254 e. The van der Waals surface area contributed by atoms with Crippen molar-refractivity contribution in [3.63, 3.8) is 0 Å². The number of phenolic OH excluding ortho intramolecular Hbond substituents is 2. The van der Waals surface area contributed by atoms with Crippen molar-refractivity contribution in [3.05, 3.63) is 23.8 Å². The van der Waals surface area contributed by atoms with Crippen molar-refractivity contribution < 1.29 is 19.8 Å². The molecule has 0 saturated carbocycles. The molecule has 1 aliphatic heterocycles. The number of likely N-dealkylation sites (tertiary alicyclic amines) is 1. The molecule has 132 valence electrons. The summed E-state index contributed by atoms with van der Waals surface area (Å²) in [5.41, 5.74) is 0.270. The second-order valence-corrected chi connectivity index (χ2v) is 6.33. The second kappa shape index (κ2) is 8.04. The van der Waals surface area contributed by atoms with Gasteiger partial charge in [0.1, 0.15) is 11.5 Å². The molecule has 6 heteroatoms. The number of benzene rings is 1. The number of amides is 2. The lowest BCUT2D eigenvalue weighted by molar-refractivity contribution is -0.126. The van der Waals surface area contributed by atoms with Gasteiger partial charge in [-0.3, -0.25) is 9.59 Å². The number of hydrogen-bond donors (Lipinski definition) is 3. The van der Waals surface area contributed by atoms with E-state index in [1.165, 1.54) is 18.2 Å². The van der Waals surface area contributed by atoms with Crippen LogP contribution in [0.3, 0.4) is 0 Å². The average molecular weight is 334 g/mol. The van der Waals surface area contributed by atoms with Gasteiger partial charge in [-0.05, 0) is 37.8 Å². The van der Waals surface area contributed by atoms with Crippen LogP contribution in [-0.4, -0.2) is 46.1 Å². The van der Waals surface area contributed by atoms with E-state index >= 15 is 0 Å². The van der Waals surface area contributed by atoms with E-state index in [4.69, 9.17) is 0 Å². The molecule has 24 heavy (non-hydrogen) atoms. The lowest BCUT2D eigenvalue weighted by Gasteiger charge is -2.33. The van der Waals surface area contributed by atoms with Gasteiger partial charge in [0.05, 0.1) is 0 Å². The molecule has 0 radical (unpaired) electrons. The third kappa shape index (κ3) is 4.40. The Morgan fingerprint density at radius 3 is 2.17 bits per heavy atom. The maximum atomic E-state index is 12.5. The SMILES string of the molecule is CCC(CC)C(=O)NC1CCN(C(=O)c2cc(O)cc(O)c2)CC1. The number of piperidine rings is 1. The van der Waals surface area contributed by atoms with Gasteiger partial charge in [-0.25, -0.2) is 0 Å². The van der Waals surface area contributed by atoms with Crippen LogP contribution in [0.15, 0.2) is 18.2 Å². The van der Waals surface area contributed by atoms with Crippen molar-refractivity contribution in [2.24, 2.45) is 5.92 Å². The van der Waals surface area contributed by atoms with Gasteiger partial charge in [-0.15, -0.1) is 0 Å². The fourth-order valence-electron chi connectivity index (χ4n) is 3.11. The van der Waals surface area contributed by atoms with Crippen molar-refractivity contribution >= 4 is 11.8 Å². The Bertz CT molecular complexity index is 570. The summed E-state index contributed by atoms with van der Waals surface area (Å²) in [5, 5.41) is 22.1. The molecule has 1 aliphatic rings. The molecule has 2 amide bonds. The van der Waals surface area contributed by atoms with Gasteiger partial charge in [0, 0.05) is 36.7 Å². The van der Waals surface area contributed by atoms with Crippen LogP contribution >= 0.6 is 0 Å². The summed E-state index contributed by atoms with van der Waals surface area (Å²) in [6.45, 7) is 5.12. The summed E-state index contributed by atoms with van der Waals surface area (Å²) in [6, 6.07) is 3.99. The largest absolute Gasteiger partial charge is 0.508 e. The summed E-state index contributed by atoms with van der Waals surface area (Å²) in [4.78, 5) is 26.3. The standard InChI is InChI=1S/C18H26N2O4/c1-3-12(4-2)17(23)19-14-5-7-20(8-6-14)18(24)13-9-15(21)11-16(22)10-13/h9-12,14,21-22H,3-8H2,1-2H3,(H,19,23). The molecule has 6 nitrogen and oxygen atoms in total. The lowest BCUT2D eigenvalue weighted by Crippen LogP contribution is -2.47. The molecular weight excluding hydrogens is 308 g/mol. The normalized spacial score (nSPS) is 15.5. The highest BCUT2D eigenvalue weighted by Gasteiger charge is 2.26. The molecule has 0 aliphatic carbocycles. The van der Waals surface area contributed by atoms with E-state index in [2.05, 4.69) is 5.32 Å². The molecule has 0 bridgehead atoms. The van der Waals surface area contributed by atoms with E-state index in [-0.39, 0.29) is 40.8 Å². The van der Waals surface area contributed by atoms with Crippen LogP contribution in [0, 0.1) is 5.92 Å². The number of hydrogen-bond acceptors (Lipinski definition) is 4. The number of aromatic hydroxyl groups is 2. The van der Waals surface area contributed by atoms with E-state index in [0.29, 0.717) is 25.9 Å². The molecule has 0 unspecified atom stereocenters. The minimum Gasteiger partial charge on any atom is -0.508 e. The topological polar surface area (TPSA) is 89.9 Å². The smallest absolute Gasteiger partial charge is 0.254 e. The van der Waals surface area contributed by atoms with Gasteiger partial charge >= 0.3 is 0 Å². The predicted molar refractivity (Wildman–Crippen MR) is 90.9 cm³/mol. The van der Waals surface area contributed by atoms with Gasteiger partial charge in [0.2, 0.25) is 5.91 Å². The first-order valence-electron chi connectivity index (χ1n) is 8.57. The first-order chi connectivity index (χ1) is 11.4. The Hall–Kier alpha value is -2.24. The summed E-state index contributed by atoms with van der Waals surface area (Å²) < 4.78 is 0. The zero-order valence-electron chi connectivity index (χ0n) is 14.3. The molecule has 0 aromatic heterocycles. The van der Waals surface area contributed by atoms with E-state index in [1.54, 1.807) is 4.90 Å². The van der Waals surface area contributed by atoms with Crippen LogP contribution in [0.1, 0.15) is 49.9 Å². The van der Waals surface area contributed by atoms with E-state index in [9.17, 15) is 19.8 Å². The molecule has 2 rings (SSSR count). The second-order valence-electron chi connectivity index (χ2n) is 6.33. The number of carbonyl (C=O) groups excluding carboxylic acids is 2. The first-order valence-corrected chi connectivity index (χ1v) is 8.57. The highest BCUT2D eigenvalue weighted by Crippen LogP contribution is 2.23. The molecule has 3 N–H and O–H groups in total. The zero-order chi connectivity index (χ0) is 17.7. The van der Waals surface area contributed by atoms with Crippen LogP contribution < -0.4 is 5.32 Å². The monoisotopic (exact) mass is 334 g/mol. The van der Waals surface area contributed by atoms with Crippen LogP contribution in [-0.2, 0) is 4.79 Å². The molecule has 0 atom stereocenters. The van der Waals surface area contributed by atoms with Crippen molar-refractivity contribution in [1.82, 2.24) is 10.2 Å². The number of carbonyl (C=O) groups is 2. The third-order valence-corrected chi connectivity index (χ3v) is 4.63. The van der Waals surface area contributed by atoms with Gasteiger partial charge < -0.3 is 20.4 Å². The molecule has 1 aromatic rings. The van der Waals surface area contributed by atoms with Crippen LogP contribution in [0.4, 0.5) is 0 Å². The number of nitrogens with one attached hydrogen (secondary N) is 1. The summed E-state index contributed by atoms with van der Waals surface area (Å²) in [7, 11) is 0. The fraction of sp³-hybridized carbons (Fsp3) is 0.556. The maximum absolute atomic E-state index is 12.5. The van der Waals surface area contributed by atoms with Crippen LogP contribution in [0.2, 0.25) is 0 Å². The number of rotatable bonds is 5. The molecule has 1 fully saturated rings. The quantitative estimate of drug-likeness (QED) is 0.770. The van der Waals surface area contributed by atoms with Crippen molar-refractivity contribution in [1.29, 1.82) is 0 Å². The van der Waals surface area contributed by atoms with Crippen molar-refractivity contribution in [2.75, 3.05) is 13.1 Å². The van der Waals surface area contributed by atoms with Crippen molar-refractivity contribution in [2.45, 2.75) is 45.6 Å². The molecule has 1 saturated heterocycles.